The summed E-state index contributed by atoms with van der Waals surface area (Å²) < 4.78 is 26.9. The van der Waals surface area contributed by atoms with E-state index in [4.69, 9.17) is 17.3 Å². The Morgan fingerprint density at radius 3 is 2.71 bits per heavy atom. The average Bonchev–Trinajstić information content (AvgIpc) is 2.31. The lowest BCUT2D eigenvalue weighted by atomic mass is 10.2. The van der Waals surface area contributed by atoms with Gasteiger partial charge in [-0.25, -0.2) is 8.78 Å². The molecule has 0 heterocycles. The van der Waals surface area contributed by atoms with Crippen molar-refractivity contribution in [3.63, 3.8) is 0 Å². The first-order valence-electron chi connectivity index (χ1n) is 4.81. The van der Waals surface area contributed by atoms with Crippen molar-refractivity contribution >= 4 is 33.3 Å². The molecule has 0 saturated heterocycles. The van der Waals surface area contributed by atoms with E-state index in [2.05, 4.69) is 26.6 Å². The third-order valence-corrected chi connectivity index (χ3v) is 2.99. The Balaban J connectivity index is 2.63. The molecule has 0 aliphatic heterocycles. The first-order chi connectivity index (χ1) is 8.06. The molecule has 0 atom stereocenters. The minimum atomic E-state index is -0.906. The van der Waals surface area contributed by atoms with Crippen molar-refractivity contribution in [2.24, 2.45) is 0 Å². The Kier molecular flexibility index (Phi) is 5.73. The fourth-order valence-corrected chi connectivity index (χ4v) is 1.75. The molecule has 1 aromatic carbocycles. The molecule has 0 unspecified atom stereocenters. The monoisotopic (exact) mass is 324 g/mol. The number of rotatable bonds is 4. The molecule has 1 rings (SSSR count). The highest BCUT2D eigenvalue weighted by Gasteiger charge is 2.12. The minimum Gasteiger partial charge on any atom is -0.395 e. The van der Waals surface area contributed by atoms with Crippen LogP contribution in [0.5, 0.6) is 0 Å². The van der Waals surface area contributed by atoms with E-state index in [0.29, 0.717) is 11.0 Å². The number of hydrogen-bond donors (Lipinski definition) is 3. The molecule has 94 valence electrons. The van der Waals surface area contributed by atoms with Gasteiger partial charge in [-0.1, -0.05) is 15.9 Å². The molecule has 3 N–H and O–H groups in total. The third-order valence-electron chi connectivity index (χ3n) is 1.96. The van der Waals surface area contributed by atoms with Crippen molar-refractivity contribution in [3.8, 4) is 0 Å². The maximum Gasteiger partial charge on any atom is 0.166 e. The lowest BCUT2D eigenvalue weighted by molar-refractivity contribution is 0.300. The first-order valence-corrected chi connectivity index (χ1v) is 6.01. The van der Waals surface area contributed by atoms with Crippen LogP contribution in [0.4, 0.5) is 8.78 Å². The van der Waals surface area contributed by atoms with Gasteiger partial charge in [0.05, 0.1) is 6.61 Å². The van der Waals surface area contributed by atoms with Gasteiger partial charge in [0.15, 0.2) is 16.7 Å². The van der Waals surface area contributed by atoms with Crippen molar-refractivity contribution in [1.82, 2.24) is 10.6 Å². The second kappa shape index (κ2) is 6.83. The Bertz CT molecular complexity index is 418. The van der Waals surface area contributed by atoms with E-state index in [0.717, 1.165) is 6.07 Å². The van der Waals surface area contributed by atoms with Gasteiger partial charge in [0.2, 0.25) is 0 Å². The van der Waals surface area contributed by atoms with Crippen LogP contribution in [0, 0.1) is 11.6 Å². The molecule has 0 bridgehead atoms. The fraction of sp³-hybridized carbons (Fsp3) is 0.300. The molecule has 3 nitrogen and oxygen atoms in total. The normalized spacial score (nSPS) is 10.1. The number of hydrogen-bond acceptors (Lipinski definition) is 2. The number of halogens is 3. The van der Waals surface area contributed by atoms with E-state index in [1.165, 1.54) is 6.07 Å². The van der Waals surface area contributed by atoms with E-state index in [1.807, 2.05) is 0 Å². The molecule has 0 spiro atoms. The Morgan fingerprint density at radius 1 is 1.35 bits per heavy atom. The molecular formula is C10H11BrF2N2OS. The number of benzene rings is 1. The number of nitrogens with one attached hydrogen (secondary N) is 2. The summed E-state index contributed by atoms with van der Waals surface area (Å²) in [5.74, 6) is -1.81. The Labute approximate surface area is 111 Å². The summed E-state index contributed by atoms with van der Waals surface area (Å²) in [5, 5.41) is 14.2. The average molecular weight is 325 g/mol. The predicted octanol–water partition coefficient (Wildman–Crippen LogP) is 1.68. The minimum absolute atomic E-state index is 0.0557. The highest BCUT2D eigenvalue weighted by molar-refractivity contribution is 9.10. The van der Waals surface area contributed by atoms with Gasteiger partial charge in [-0.2, -0.15) is 0 Å². The van der Waals surface area contributed by atoms with Gasteiger partial charge >= 0.3 is 0 Å². The summed E-state index contributed by atoms with van der Waals surface area (Å²) in [5.41, 5.74) is 0.165. The van der Waals surface area contributed by atoms with E-state index in [9.17, 15) is 8.78 Å². The van der Waals surface area contributed by atoms with Gasteiger partial charge < -0.3 is 15.7 Å². The van der Waals surface area contributed by atoms with Crippen LogP contribution in [0.3, 0.4) is 0 Å². The van der Waals surface area contributed by atoms with Gasteiger partial charge in [-0.15, -0.1) is 0 Å². The van der Waals surface area contributed by atoms with Gasteiger partial charge in [0.1, 0.15) is 0 Å². The van der Waals surface area contributed by atoms with E-state index < -0.39 is 11.6 Å². The zero-order valence-electron chi connectivity index (χ0n) is 8.77. The van der Waals surface area contributed by atoms with E-state index in [1.54, 1.807) is 0 Å². The maximum absolute atomic E-state index is 13.4. The molecule has 7 heteroatoms. The summed E-state index contributed by atoms with van der Waals surface area (Å²) in [6.07, 6.45) is 0. The standard InChI is InChI=1S/C10H11BrF2N2OS/c11-7-1-2-8(12)9(13)6(7)5-15-10(17)14-3-4-16/h1-2,16H,3-5H2,(H2,14,15,17). The van der Waals surface area contributed by atoms with E-state index >= 15 is 0 Å². The highest BCUT2D eigenvalue weighted by atomic mass is 79.9. The smallest absolute Gasteiger partial charge is 0.166 e. The SMILES string of the molecule is OCCNC(=S)NCc1c(Br)ccc(F)c1F. The van der Waals surface area contributed by atoms with Crippen molar-refractivity contribution in [2.45, 2.75) is 6.54 Å². The number of aliphatic hydroxyl groups excluding tert-OH is 1. The molecule has 0 aliphatic carbocycles. The topological polar surface area (TPSA) is 44.3 Å². The molecule has 0 aliphatic rings. The highest BCUT2D eigenvalue weighted by Crippen LogP contribution is 2.21. The van der Waals surface area contributed by atoms with Crippen LogP contribution in [0.15, 0.2) is 16.6 Å². The predicted molar refractivity (Wildman–Crippen MR) is 68.6 cm³/mol. The van der Waals surface area contributed by atoms with Crippen LogP contribution in [0.2, 0.25) is 0 Å². The molecule has 0 aromatic heterocycles. The second-order valence-electron chi connectivity index (χ2n) is 3.15. The molecule has 0 saturated carbocycles. The molecular weight excluding hydrogens is 314 g/mol. The second-order valence-corrected chi connectivity index (χ2v) is 4.42. The largest absolute Gasteiger partial charge is 0.395 e. The van der Waals surface area contributed by atoms with Crippen molar-refractivity contribution < 1.29 is 13.9 Å². The maximum atomic E-state index is 13.4. The van der Waals surface area contributed by atoms with Crippen molar-refractivity contribution in [2.75, 3.05) is 13.2 Å². The molecule has 17 heavy (non-hydrogen) atoms. The van der Waals surface area contributed by atoms with Gasteiger partial charge in [0, 0.05) is 23.1 Å². The lowest BCUT2D eigenvalue weighted by Gasteiger charge is -2.11. The van der Waals surface area contributed by atoms with Crippen LogP contribution in [0.25, 0.3) is 0 Å². The molecule has 1 aromatic rings. The van der Waals surface area contributed by atoms with Gasteiger partial charge in [0.25, 0.3) is 0 Å². The van der Waals surface area contributed by atoms with Crippen LogP contribution >= 0.6 is 28.1 Å². The summed E-state index contributed by atoms with van der Waals surface area (Å²) in [4.78, 5) is 0. The summed E-state index contributed by atoms with van der Waals surface area (Å²) >= 11 is 8.01. The lowest BCUT2D eigenvalue weighted by Crippen LogP contribution is -2.36. The van der Waals surface area contributed by atoms with Gasteiger partial charge in [-0.05, 0) is 24.4 Å². The molecule has 0 radical (unpaired) electrons. The van der Waals surface area contributed by atoms with Crippen LogP contribution < -0.4 is 10.6 Å². The van der Waals surface area contributed by atoms with Crippen molar-refractivity contribution in [3.05, 3.63) is 33.8 Å². The number of thiocarbonyl (C=S) groups is 1. The zero-order chi connectivity index (χ0) is 12.8. The van der Waals surface area contributed by atoms with Crippen LogP contribution in [-0.4, -0.2) is 23.4 Å². The zero-order valence-corrected chi connectivity index (χ0v) is 11.2. The molecule has 0 amide bonds. The van der Waals surface area contributed by atoms with Crippen LogP contribution in [0.1, 0.15) is 5.56 Å². The van der Waals surface area contributed by atoms with Crippen LogP contribution in [-0.2, 0) is 6.54 Å². The van der Waals surface area contributed by atoms with Crippen molar-refractivity contribution in [1.29, 1.82) is 0 Å². The summed E-state index contributed by atoms with van der Waals surface area (Å²) in [6.45, 7) is 0.305. The number of aliphatic hydroxyl groups is 1. The summed E-state index contributed by atoms with van der Waals surface area (Å²) in [7, 11) is 0. The fourth-order valence-electron chi connectivity index (χ4n) is 1.13. The van der Waals surface area contributed by atoms with Gasteiger partial charge in [-0.3, -0.25) is 0 Å². The van der Waals surface area contributed by atoms with E-state index in [-0.39, 0.29) is 23.8 Å². The quantitative estimate of drug-likeness (QED) is 0.582. The summed E-state index contributed by atoms with van der Waals surface area (Å²) in [6, 6.07) is 2.48. The first kappa shape index (κ1) is 14.3. The third kappa shape index (κ3) is 4.18. The molecule has 0 fully saturated rings. The Hall–Kier alpha value is -0.790. The Morgan fingerprint density at radius 2 is 2.06 bits per heavy atom.